The molecule has 0 spiro atoms. The van der Waals surface area contributed by atoms with Crippen molar-refractivity contribution in [3.8, 4) is 0 Å². The summed E-state index contributed by atoms with van der Waals surface area (Å²) in [7, 11) is 0. The first kappa shape index (κ1) is 23.5. The highest BCUT2D eigenvalue weighted by atomic mass is 32.1. The van der Waals surface area contributed by atoms with Crippen LogP contribution in [0.1, 0.15) is 0 Å². The summed E-state index contributed by atoms with van der Waals surface area (Å²) in [5, 5.41) is 12.9. The Morgan fingerprint density at radius 3 is 1.64 bits per heavy atom. The zero-order valence-corrected chi connectivity index (χ0v) is 23.6. The molecule has 196 valence electrons. The second-order valence-electron chi connectivity index (χ2n) is 11.0. The van der Waals surface area contributed by atoms with E-state index in [9.17, 15) is 0 Å². The monoisotopic (exact) mass is 551 g/mol. The molecule has 0 N–H and O–H groups in total. The molecule has 0 unspecified atom stereocenters. The molecule has 0 saturated carbocycles. The average molecular weight is 552 g/mol. The third-order valence-corrected chi connectivity index (χ3v) is 9.72. The van der Waals surface area contributed by atoms with Crippen molar-refractivity contribution in [3.63, 3.8) is 0 Å². The highest BCUT2D eigenvalue weighted by Gasteiger charge is 2.16. The van der Waals surface area contributed by atoms with Gasteiger partial charge in [0, 0.05) is 37.2 Å². The number of hydrogen-bond acceptors (Lipinski definition) is 2. The average Bonchev–Trinajstić information content (AvgIpc) is 3.44. The lowest BCUT2D eigenvalue weighted by Gasteiger charge is -2.26. The Bertz CT molecular complexity index is 2470. The van der Waals surface area contributed by atoms with Crippen LogP contribution in [0.4, 0.5) is 17.1 Å². The maximum atomic E-state index is 2.40. The molecule has 0 aliphatic rings. The summed E-state index contributed by atoms with van der Waals surface area (Å²) < 4.78 is 2.66. The Morgan fingerprint density at radius 2 is 0.881 bits per heavy atom. The lowest BCUT2D eigenvalue weighted by molar-refractivity contribution is 1.30. The molecule has 0 aliphatic carbocycles. The summed E-state index contributed by atoms with van der Waals surface area (Å²) in [4.78, 5) is 2.40. The zero-order valence-electron chi connectivity index (χ0n) is 22.8. The summed E-state index contributed by atoms with van der Waals surface area (Å²) in [5.74, 6) is 0. The summed E-state index contributed by atoms with van der Waals surface area (Å²) in [5.41, 5.74) is 3.44. The van der Waals surface area contributed by atoms with Crippen molar-refractivity contribution in [2.24, 2.45) is 0 Å². The normalized spacial score (nSPS) is 11.8. The molecule has 0 radical (unpaired) electrons. The molecule has 2 heteroatoms. The Labute approximate surface area is 247 Å². The van der Waals surface area contributed by atoms with E-state index in [1.165, 1.54) is 63.3 Å². The van der Waals surface area contributed by atoms with Gasteiger partial charge in [-0.25, -0.2) is 0 Å². The van der Waals surface area contributed by atoms with Crippen LogP contribution in [0.5, 0.6) is 0 Å². The molecule has 0 saturated heterocycles. The first-order chi connectivity index (χ1) is 20.8. The number of benzene rings is 8. The van der Waals surface area contributed by atoms with Crippen LogP contribution in [-0.2, 0) is 0 Å². The van der Waals surface area contributed by atoms with E-state index in [2.05, 4.69) is 157 Å². The molecule has 1 nitrogen and oxygen atoms in total. The molecule has 0 aliphatic heterocycles. The van der Waals surface area contributed by atoms with Crippen LogP contribution < -0.4 is 4.90 Å². The van der Waals surface area contributed by atoms with Gasteiger partial charge in [-0.15, -0.1) is 11.3 Å². The fraction of sp³-hybridized carbons (Fsp3) is 0. The predicted molar refractivity (Wildman–Crippen MR) is 184 cm³/mol. The van der Waals surface area contributed by atoms with Crippen LogP contribution in [0.25, 0.3) is 63.3 Å². The second kappa shape index (κ2) is 9.17. The van der Waals surface area contributed by atoms with Gasteiger partial charge in [0.15, 0.2) is 0 Å². The Balaban J connectivity index is 1.33. The molecule has 0 bridgehead atoms. The van der Waals surface area contributed by atoms with Crippen molar-refractivity contribution >= 4 is 91.7 Å². The van der Waals surface area contributed by atoms with Crippen molar-refractivity contribution in [2.45, 2.75) is 0 Å². The number of rotatable bonds is 3. The standard InChI is InChI=1S/C40H25NS/c1-2-9-30(10-3-1)41(32-22-19-28-20-23-38-40(36(28)25-32)34-12-6-7-13-37(34)42-38)31-21-18-27-15-17-29-16-14-26-8-4-5-11-33(26)39(29)35(27)24-31/h1-25H. The van der Waals surface area contributed by atoms with E-state index in [0.29, 0.717) is 0 Å². The Hall–Kier alpha value is -5.18. The van der Waals surface area contributed by atoms with E-state index in [0.717, 1.165) is 17.1 Å². The highest BCUT2D eigenvalue weighted by Crippen LogP contribution is 2.43. The van der Waals surface area contributed by atoms with E-state index in [1.807, 2.05) is 11.3 Å². The molecule has 9 rings (SSSR count). The van der Waals surface area contributed by atoms with Gasteiger partial charge in [0.25, 0.3) is 0 Å². The summed E-state index contributed by atoms with van der Waals surface area (Å²) in [6.45, 7) is 0. The van der Waals surface area contributed by atoms with E-state index in [4.69, 9.17) is 0 Å². The van der Waals surface area contributed by atoms with Gasteiger partial charge in [-0.05, 0) is 91.6 Å². The topological polar surface area (TPSA) is 3.24 Å². The second-order valence-corrected chi connectivity index (χ2v) is 12.1. The summed E-state index contributed by atoms with van der Waals surface area (Å²) in [6, 6.07) is 55.6. The van der Waals surface area contributed by atoms with Gasteiger partial charge >= 0.3 is 0 Å². The maximum Gasteiger partial charge on any atom is 0.0468 e. The van der Waals surface area contributed by atoms with Gasteiger partial charge in [0.05, 0.1) is 0 Å². The van der Waals surface area contributed by atoms with Crippen LogP contribution in [0.3, 0.4) is 0 Å². The third kappa shape index (κ3) is 3.56. The van der Waals surface area contributed by atoms with Crippen molar-refractivity contribution in [1.82, 2.24) is 0 Å². The number of anilines is 3. The van der Waals surface area contributed by atoms with Crippen molar-refractivity contribution in [1.29, 1.82) is 0 Å². The van der Waals surface area contributed by atoms with Crippen molar-refractivity contribution in [3.05, 3.63) is 152 Å². The van der Waals surface area contributed by atoms with Gasteiger partial charge in [-0.2, -0.15) is 0 Å². The van der Waals surface area contributed by atoms with Gasteiger partial charge in [0.2, 0.25) is 0 Å². The van der Waals surface area contributed by atoms with E-state index >= 15 is 0 Å². The molecule has 0 amide bonds. The molecular formula is C40H25NS. The van der Waals surface area contributed by atoms with Gasteiger partial charge < -0.3 is 4.90 Å². The van der Waals surface area contributed by atoms with Crippen molar-refractivity contribution < 1.29 is 0 Å². The minimum atomic E-state index is 1.14. The predicted octanol–water partition coefficient (Wildman–Crippen LogP) is 12.1. The van der Waals surface area contributed by atoms with Gasteiger partial charge in [-0.3, -0.25) is 0 Å². The third-order valence-electron chi connectivity index (χ3n) is 8.58. The zero-order chi connectivity index (χ0) is 27.6. The van der Waals surface area contributed by atoms with E-state index in [-0.39, 0.29) is 0 Å². The van der Waals surface area contributed by atoms with Crippen LogP contribution in [-0.4, -0.2) is 0 Å². The smallest absolute Gasteiger partial charge is 0.0468 e. The first-order valence-corrected chi connectivity index (χ1v) is 15.2. The van der Waals surface area contributed by atoms with E-state index in [1.54, 1.807) is 0 Å². The molecule has 0 atom stereocenters. The number of fused-ring (bicyclic) bond motifs is 10. The SMILES string of the molecule is c1ccc(N(c2ccc3ccc4ccc5ccccc5c4c3c2)c2ccc3ccc4sc5ccccc5c4c3c2)cc1. The molecule has 1 aromatic heterocycles. The lowest BCUT2D eigenvalue weighted by atomic mass is 9.96. The van der Waals surface area contributed by atoms with E-state index < -0.39 is 0 Å². The molecular weight excluding hydrogens is 527 g/mol. The minimum absolute atomic E-state index is 1.14. The summed E-state index contributed by atoms with van der Waals surface area (Å²) >= 11 is 1.87. The Kier molecular flexibility index (Phi) is 5.13. The quantitative estimate of drug-likeness (QED) is 0.197. The number of nitrogens with zero attached hydrogens (tertiary/aromatic N) is 1. The largest absolute Gasteiger partial charge is 0.310 e. The molecule has 9 aromatic rings. The number of para-hydroxylation sites is 1. The molecule has 0 fully saturated rings. The van der Waals surface area contributed by atoms with Gasteiger partial charge in [-0.1, -0.05) is 103 Å². The highest BCUT2D eigenvalue weighted by molar-refractivity contribution is 7.26. The Morgan fingerprint density at radius 1 is 0.333 bits per heavy atom. The van der Waals surface area contributed by atoms with Crippen LogP contribution in [0, 0.1) is 0 Å². The maximum absolute atomic E-state index is 2.40. The molecule has 42 heavy (non-hydrogen) atoms. The number of hydrogen-bond donors (Lipinski definition) is 0. The van der Waals surface area contributed by atoms with Crippen LogP contribution in [0.15, 0.2) is 152 Å². The fourth-order valence-electron chi connectivity index (χ4n) is 6.65. The molecule has 1 heterocycles. The molecule has 8 aromatic carbocycles. The number of thiophene rings is 1. The van der Waals surface area contributed by atoms with Crippen LogP contribution >= 0.6 is 11.3 Å². The van der Waals surface area contributed by atoms with Crippen LogP contribution in [0.2, 0.25) is 0 Å². The lowest BCUT2D eigenvalue weighted by Crippen LogP contribution is -2.09. The van der Waals surface area contributed by atoms with Crippen molar-refractivity contribution in [2.75, 3.05) is 4.90 Å². The van der Waals surface area contributed by atoms with Gasteiger partial charge in [0.1, 0.15) is 0 Å². The minimum Gasteiger partial charge on any atom is -0.310 e. The summed E-state index contributed by atoms with van der Waals surface area (Å²) in [6.07, 6.45) is 0. The first-order valence-electron chi connectivity index (χ1n) is 14.4. The fourth-order valence-corrected chi connectivity index (χ4v) is 7.77.